The highest BCUT2D eigenvalue weighted by atomic mass is 35.5. The van der Waals surface area contributed by atoms with E-state index in [0.717, 1.165) is 5.56 Å². The molecule has 0 saturated heterocycles. The van der Waals surface area contributed by atoms with Crippen LogP contribution < -0.4 is 11.1 Å². The third-order valence-corrected chi connectivity index (χ3v) is 2.48. The van der Waals surface area contributed by atoms with Gasteiger partial charge in [-0.3, -0.25) is 4.79 Å². The van der Waals surface area contributed by atoms with Crippen molar-refractivity contribution in [3.05, 3.63) is 34.3 Å². The van der Waals surface area contributed by atoms with E-state index < -0.39 is 0 Å². The lowest BCUT2D eigenvalue weighted by Crippen LogP contribution is -2.28. The molecule has 0 aliphatic rings. The molecular weight excluding hydrogens is 242 g/mol. The minimum absolute atomic E-state index is 0.0697. The van der Waals surface area contributed by atoms with Gasteiger partial charge in [0.05, 0.1) is 10.6 Å². The smallest absolute Gasteiger partial charge is 0.252 e. The second-order valence-electron chi connectivity index (χ2n) is 3.58. The fourth-order valence-corrected chi connectivity index (χ4v) is 1.57. The standard InChI is InChI=1S/C11H14ClN3O2/c1-7-2-3-8(9(12)6-7)11(16)14-5-4-10(13)15-17/h2-3,6,17H,4-5H2,1H3,(H2,13,15)(H,14,16). The molecule has 0 fully saturated rings. The van der Waals surface area contributed by atoms with Crippen molar-refractivity contribution in [1.29, 1.82) is 0 Å². The minimum Gasteiger partial charge on any atom is -0.409 e. The SMILES string of the molecule is Cc1ccc(C(=O)NCC/C(N)=N/O)c(Cl)c1. The van der Waals surface area contributed by atoms with E-state index in [0.29, 0.717) is 17.1 Å². The summed E-state index contributed by atoms with van der Waals surface area (Å²) >= 11 is 5.94. The van der Waals surface area contributed by atoms with Gasteiger partial charge >= 0.3 is 0 Å². The molecule has 4 N–H and O–H groups in total. The zero-order valence-electron chi connectivity index (χ0n) is 9.40. The summed E-state index contributed by atoms with van der Waals surface area (Å²) in [5, 5.41) is 14.2. The first-order valence-corrected chi connectivity index (χ1v) is 5.43. The van der Waals surface area contributed by atoms with Gasteiger partial charge in [-0.1, -0.05) is 22.8 Å². The molecule has 0 unspecified atom stereocenters. The van der Waals surface area contributed by atoms with Crippen molar-refractivity contribution in [3.8, 4) is 0 Å². The summed E-state index contributed by atoms with van der Waals surface area (Å²) in [4.78, 5) is 11.7. The van der Waals surface area contributed by atoms with Gasteiger partial charge in [0.15, 0.2) is 0 Å². The van der Waals surface area contributed by atoms with Crippen LogP contribution in [-0.4, -0.2) is 23.5 Å². The number of carbonyl (C=O) groups is 1. The molecule has 1 amide bonds. The number of nitrogens with one attached hydrogen (secondary N) is 1. The van der Waals surface area contributed by atoms with Crippen molar-refractivity contribution in [3.63, 3.8) is 0 Å². The molecule has 1 aromatic rings. The highest BCUT2D eigenvalue weighted by Crippen LogP contribution is 2.17. The van der Waals surface area contributed by atoms with E-state index in [1.165, 1.54) is 0 Å². The van der Waals surface area contributed by atoms with E-state index in [4.69, 9.17) is 22.5 Å². The number of oxime groups is 1. The van der Waals surface area contributed by atoms with Crippen LogP contribution in [0, 0.1) is 6.92 Å². The molecule has 17 heavy (non-hydrogen) atoms. The molecular formula is C11H14ClN3O2. The Morgan fingerprint density at radius 1 is 1.59 bits per heavy atom. The summed E-state index contributed by atoms with van der Waals surface area (Å²) in [6.45, 7) is 2.19. The zero-order valence-corrected chi connectivity index (χ0v) is 10.2. The number of halogens is 1. The minimum atomic E-state index is -0.277. The van der Waals surface area contributed by atoms with Crippen LogP contribution in [0.2, 0.25) is 5.02 Å². The third-order valence-electron chi connectivity index (χ3n) is 2.16. The van der Waals surface area contributed by atoms with Crippen molar-refractivity contribution in [2.75, 3.05) is 6.54 Å². The molecule has 0 aliphatic carbocycles. The van der Waals surface area contributed by atoms with Crippen LogP contribution in [0.3, 0.4) is 0 Å². The summed E-state index contributed by atoms with van der Waals surface area (Å²) in [6.07, 6.45) is 0.283. The fourth-order valence-electron chi connectivity index (χ4n) is 1.25. The molecule has 1 rings (SSSR count). The maximum atomic E-state index is 11.7. The second-order valence-corrected chi connectivity index (χ2v) is 3.99. The second kappa shape index (κ2) is 6.10. The normalized spacial score (nSPS) is 11.3. The van der Waals surface area contributed by atoms with Crippen LogP contribution in [0.1, 0.15) is 22.3 Å². The Hall–Kier alpha value is -1.75. The molecule has 0 bridgehead atoms. The number of hydrogen-bond acceptors (Lipinski definition) is 3. The molecule has 0 spiro atoms. The molecule has 0 saturated carbocycles. The molecule has 6 heteroatoms. The molecule has 5 nitrogen and oxygen atoms in total. The average molecular weight is 256 g/mol. The Bertz CT molecular complexity index is 446. The van der Waals surface area contributed by atoms with Crippen LogP contribution in [0.5, 0.6) is 0 Å². The molecule has 0 atom stereocenters. The van der Waals surface area contributed by atoms with Crippen LogP contribution in [-0.2, 0) is 0 Å². The van der Waals surface area contributed by atoms with E-state index in [2.05, 4.69) is 10.5 Å². The number of amidine groups is 1. The quantitative estimate of drug-likeness (QED) is 0.330. The van der Waals surface area contributed by atoms with Gasteiger partial charge in [-0.2, -0.15) is 0 Å². The fraction of sp³-hybridized carbons (Fsp3) is 0.273. The number of nitrogens with zero attached hydrogens (tertiary/aromatic N) is 1. The number of nitrogens with two attached hydrogens (primary N) is 1. The number of aryl methyl sites for hydroxylation is 1. The molecule has 92 valence electrons. The Labute approximate surface area is 104 Å². The Morgan fingerprint density at radius 3 is 2.88 bits per heavy atom. The maximum absolute atomic E-state index is 11.7. The monoisotopic (exact) mass is 255 g/mol. The van der Waals surface area contributed by atoms with Gasteiger partial charge in [-0.15, -0.1) is 0 Å². The van der Waals surface area contributed by atoms with E-state index >= 15 is 0 Å². The highest BCUT2D eigenvalue weighted by molar-refractivity contribution is 6.33. The van der Waals surface area contributed by atoms with Crippen LogP contribution in [0.25, 0.3) is 0 Å². The lowest BCUT2D eigenvalue weighted by Gasteiger charge is -2.06. The average Bonchev–Trinajstić information content (AvgIpc) is 2.28. The summed E-state index contributed by atoms with van der Waals surface area (Å²) < 4.78 is 0. The first-order valence-electron chi connectivity index (χ1n) is 5.05. The largest absolute Gasteiger partial charge is 0.409 e. The van der Waals surface area contributed by atoms with Crippen molar-refractivity contribution in [1.82, 2.24) is 5.32 Å². The Morgan fingerprint density at radius 2 is 2.29 bits per heavy atom. The zero-order chi connectivity index (χ0) is 12.8. The molecule has 0 aromatic heterocycles. The van der Waals surface area contributed by atoms with Crippen molar-refractivity contribution in [2.24, 2.45) is 10.9 Å². The third kappa shape index (κ3) is 3.96. The number of benzene rings is 1. The van der Waals surface area contributed by atoms with Crippen LogP contribution in [0.4, 0.5) is 0 Å². The number of rotatable bonds is 4. The van der Waals surface area contributed by atoms with Crippen LogP contribution >= 0.6 is 11.6 Å². The predicted molar refractivity (Wildman–Crippen MR) is 66.5 cm³/mol. The number of carbonyl (C=O) groups excluding carboxylic acids is 1. The topological polar surface area (TPSA) is 87.7 Å². The number of hydrogen-bond donors (Lipinski definition) is 3. The first-order chi connectivity index (χ1) is 8.04. The van der Waals surface area contributed by atoms with E-state index in [1.54, 1.807) is 12.1 Å². The maximum Gasteiger partial charge on any atom is 0.252 e. The summed E-state index contributed by atoms with van der Waals surface area (Å²) in [6, 6.07) is 5.20. The molecule has 0 radical (unpaired) electrons. The number of amides is 1. The van der Waals surface area contributed by atoms with Gasteiger partial charge in [0.2, 0.25) is 0 Å². The summed E-state index contributed by atoms with van der Waals surface area (Å²) in [5.74, 6) is -0.207. The lowest BCUT2D eigenvalue weighted by atomic mass is 10.1. The van der Waals surface area contributed by atoms with Gasteiger partial charge in [0, 0.05) is 13.0 Å². The van der Waals surface area contributed by atoms with Gasteiger partial charge in [-0.25, -0.2) is 0 Å². The van der Waals surface area contributed by atoms with E-state index in [-0.39, 0.29) is 18.2 Å². The van der Waals surface area contributed by atoms with E-state index in [1.807, 2.05) is 13.0 Å². The van der Waals surface area contributed by atoms with Crippen molar-refractivity contribution >= 4 is 23.3 Å². The molecule has 0 heterocycles. The van der Waals surface area contributed by atoms with Gasteiger partial charge < -0.3 is 16.3 Å². The molecule has 1 aromatic carbocycles. The first kappa shape index (κ1) is 13.3. The molecule has 0 aliphatic heterocycles. The van der Waals surface area contributed by atoms with Gasteiger partial charge in [0.1, 0.15) is 5.84 Å². The predicted octanol–water partition coefficient (Wildman–Crippen LogP) is 1.51. The summed E-state index contributed by atoms with van der Waals surface area (Å²) in [7, 11) is 0. The Kier molecular flexibility index (Phi) is 4.78. The van der Waals surface area contributed by atoms with E-state index in [9.17, 15) is 4.79 Å². The van der Waals surface area contributed by atoms with Gasteiger partial charge in [0.25, 0.3) is 5.91 Å². The highest BCUT2D eigenvalue weighted by Gasteiger charge is 2.09. The van der Waals surface area contributed by atoms with Crippen molar-refractivity contribution in [2.45, 2.75) is 13.3 Å². The Balaban J connectivity index is 2.58. The van der Waals surface area contributed by atoms with Crippen molar-refractivity contribution < 1.29 is 10.0 Å². The van der Waals surface area contributed by atoms with Gasteiger partial charge in [-0.05, 0) is 24.6 Å². The summed E-state index contributed by atoms with van der Waals surface area (Å²) in [5.41, 5.74) is 6.67. The lowest BCUT2D eigenvalue weighted by molar-refractivity contribution is 0.0955. The van der Waals surface area contributed by atoms with Crippen LogP contribution in [0.15, 0.2) is 23.4 Å².